The highest BCUT2D eigenvalue weighted by molar-refractivity contribution is 8.15. The molecule has 0 aromatic heterocycles. The van der Waals surface area contributed by atoms with Gasteiger partial charge in [0, 0.05) is 5.02 Å². The van der Waals surface area contributed by atoms with E-state index in [0.29, 0.717) is 15.9 Å². The first kappa shape index (κ1) is 15.8. The smallest absolute Gasteiger partial charge is 0.243 e. The quantitative estimate of drug-likeness (QED) is 0.619. The molecule has 116 valence electrons. The molecule has 23 heavy (non-hydrogen) atoms. The van der Waals surface area contributed by atoms with Gasteiger partial charge in [0.05, 0.1) is 17.2 Å². The van der Waals surface area contributed by atoms with Crippen molar-refractivity contribution in [1.82, 2.24) is 0 Å². The van der Waals surface area contributed by atoms with Crippen LogP contribution in [0.15, 0.2) is 64.8 Å². The summed E-state index contributed by atoms with van der Waals surface area (Å²) in [6, 6.07) is 16.9. The largest absolute Gasteiger partial charge is 0.273 e. The van der Waals surface area contributed by atoms with Gasteiger partial charge in [0.2, 0.25) is 5.91 Å². The van der Waals surface area contributed by atoms with E-state index in [-0.39, 0.29) is 5.91 Å². The maximum Gasteiger partial charge on any atom is 0.243 e. The van der Waals surface area contributed by atoms with Gasteiger partial charge >= 0.3 is 0 Å². The molecular formula is C17H14ClN3OS. The molecule has 0 N–H and O–H groups in total. The van der Waals surface area contributed by atoms with Crippen LogP contribution in [0.2, 0.25) is 5.02 Å². The fourth-order valence-corrected chi connectivity index (χ4v) is 3.08. The number of carbonyl (C=O) groups excluding carboxylic acids is 1. The normalized spacial score (nSPS) is 17.1. The average molecular weight is 344 g/mol. The lowest BCUT2D eigenvalue weighted by Gasteiger charge is -2.14. The van der Waals surface area contributed by atoms with Crippen LogP contribution < -0.4 is 4.90 Å². The van der Waals surface area contributed by atoms with Crippen LogP contribution in [-0.4, -0.2) is 22.5 Å². The van der Waals surface area contributed by atoms with Gasteiger partial charge in [-0.2, -0.15) is 5.10 Å². The van der Waals surface area contributed by atoms with Gasteiger partial charge in [0.1, 0.15) is 0 Å². The Morgan fingerprint density at radius 2 is 1.83 bits per heavy atom. The van der Waals surface area contributed by atoms with Gasteiger partial charge < -0.3 is 0 Å². The minimum Gasteiger partial charge on any atom is -0.273 e. The number of thioether (sulfide) groups is 1. The molecule has 0 saturated carbocycles. The summed E-state index contributed by atoms with van der Waals surface area (Å²) in [5.41, 5.74) is 2.52. The van der Waals surface area contributed by atoms with Crippen LogP contribution in [-0.2, 0) is 4.79 Å². The van der Waals surface area contributed by atoms with E-state index in [1.165, 1.54) is 11.8 Å². The molecule has 1 aliphatic heterocycles. The summed E-state index contributed by atoms with van der Waals surface area (Å²) in [4.78, 5) is 13.7. The number of nitrogens with zero attached hydrogens (tertiary/aromatic N) is 3. The van der Waals surface area contributed by atoms with Crippen molar-refractivity contribution in [2.45, 2.75) is 6.92 Å². The van der Waals surface area contributed by atoms with E-state index in [9.17, 15) is 4.79 Å². The molecule has 0 radical (unpaired) electrons. The summed E-state index contributed by atoms with van der Waals surface area (Å²) in [5, 5.41) is 9.81. The van der Waals surface area contributed by atoms with E-state index < -0.39 is 0 Å². The number of amidine groups is 1. The van der Waals surface area contributed by atoms with Crippen molar-refractivity contribution in [2.24, 2.45) is 10.2 Å². The molecule has 1 aliphatic rings. The molecule has 0 spiro atoms. The fourth-order valence-electron chi connectivity index (χ4n) is 2.13. The standard InChI is InChI=1S/C17H14ClN3OS/c1-12(13-7-9-14(18)10-8-13)19-20-17-21(16(22)11-23-17)15-5-3-2-4-6-15/h2-10H,11H2,1H3/b19-12+,20-17-. The first-order valence-corrected chi connectivity index (χ1v) is 8.40. The van der Waals surface area contributed by atoms with Gasteiger partial charge in [-0.05, 0) is 36.8 Å². The van der Waals surface area contributed by atoms with E-state index in [2.05, 4.69) is 10.2 Å². The lowest BCUT2D eigenvalue weighted by Crippen LogP contribution is -2.28. The van der Waals surface area contributed by atoms with Gasteiger partial charge in [0.25, 0.3) is 0 Å². The van der Waals surface area contributed by atoms with E-state index in [4.69, 9.17) is 11.6 Å². The molecule has 1 amide bonds. The van der Waals surface area contributed by atoms with Crippen molar-refractivity contribution in [3.63, 3.8) is 0 Å². The van der Waals surface area contributed by atoms with Crippen LogP contribution in [0.25, 0.3) is 0 Å². The molecule has 0 unspecified atom stereocenters. The SMILES string of the molecule is C/C(=N\N=C1/SCC(=O)N1c1ccccc1)c1ccc(Cl)cc1. The van der Waals surface area contributed by atoms with E-state index in [1.54, 1.807) is 4.90 Å². The topological polar surface area (TPSA) is 45.0 Å². The number of carbonyl (C=O) groups is 1. The second-order valence-corrected chi connectivity index (χ2v) is 6.31. The van der Waals surface area contributed by atoms with Gasteiger partial charge in [-0.1, -0.05) is 53.7 Å². The lowest BCUT2D eigenvalue weighted by atomic mass is 10.1. The molecule has 1 heterocycles. The Morgan fingerprint density at radius 3 is 2.52 bits per heavy atom. The third-order valence-corrected chi connectivity index (χ3v) is 4.49. The summed E-state index contributed by atoms with van der Waals surface area (Å²) in [7, 11) is 0. The molecular weight excluding hydrogens is 330 g/mol. The predicted octanol–water partition coefficient (Wildman–Crippen LogP) is 4.20. The zero-order valence-corrected chi connectivity index (χ0v) is 14.0. The Morgan fingerprint density at radius 1 is 1.13 bits per heavy atom. The Kier molecular flexibility index (Phi) is 4.79. The highest BCUT2D eigenvalue weighted by Crippen LogP contribution is 2.26. The van der Waals surface area contributed by atoms with E-state index in [1.807, 2.05) is 61.5 Å². The van der Waals surface area contributed by atoms with Crippen molar-refractivity contribution in [3.8, 4) is 0 Å². The average Bonchev–Trinajstić information content (AvgIpc) is 2.95. The van der Waals surface area contributed by atoms with Crippen molar-refractivity contribution < 1.29 is 4.79 Å². The first-order chi connectivity index (χ1) is 11.1. The molecule has 1 fully saturated rings. The van der Waals surface area contributed by atoms with Crippen LogP contribution in [0, 0.1) is 0 Å². The fraction of sp³-hybridized carbons (Fsp3) is 0.118. The minimum atomic E-state index is 0.0132. The summed E-state index contributed by atoms with van der Waals surface area (Å²) >= 11 is 7.28. The molecule has 0 atom stereocenters. The monoisotopic (exact) mass is 343 g/mol. The molecule has 3 rings (SSSR count). The Labute approximate surface area is 143 Å². The van der Waals surface area contributed by atoms with Gasteiger partial charge in [-0.25, -0.2) is 0 Å². The molecule has 4 nitrogen and oxygen atoms in total. The number of amides is 1. The Hall–Kier alpha value is -2.11. The number of para-hydroxylation sites is 1. The zero-order chi connectivity index (χ0) is 16.2. The third kappa shape index (κ3) is 3.63. The third-order valence-electron chi connectivity index (χ3n) is 3.33. The Bertz CT molecular complexity index is 772. The minimum absolute atomic E-state index is 0.0132. The number of hydrogen-bond acceptors (Lipinski definition) is 4. The summed E-state index contributed by atoms with van der Waals surface area (Å²) in [6.45, 7) is 1.88. The summed E-state index contributed by atoms with van der Waals surface area (Å²) in [6.07, 6.45) is 0. The molecule has 1 saturated heterocycles. The summed E-state index contributed by atoms with van der Waals surface area (Å²) < 4.78 is 0. The maximum atomic E-state index is 12.1. The Balaban J connectivity index is 1.87. The van der Waals surface area contributed by atoms with Gasteiger partial charge in [-0.15, -0.1) is 5.10 Å². The van der Waals surface area contributed by atoms with Crippen LogP contribution >= 0.6 is 23.4 Å². The van der Waals surface area contributed by atoms with Gasteiger partial charge in [0.15, 0.2) is 5.17 Å². The van der Waals surface area contributed by atoms with Crippen molar-refractivity contribution in [2.75, 3.05) is 10.7 Å². The van der Waals surface area contributed by atoms with Crippen LogP contribution in [0.5, 0.6) is 0 Å². The van der Waals surface area contributed by atoms with Crippen LogP contribution in [0.4, 0.5) is 5.69 Å². The second kappa shape index (κ2) is 6.98. The first-order valence-electron chi connectivity index (χ1n) is 7.04. The van der Waals surface area contributed by atoms with Crippen LogP contribution in [0.3, 0.4) is 0 Å². The number of rotatable bonds is 3. The number of benzene rings is 2. The highest BCUT2D eigenvalue weighted by atomic mass is 35.5. The number of hydrogen-bond donors (Lipinski definition) is 0. The predicted molar refractivity (Wildman–Crippen MR) is 97.5 cm³/mol. The van der Waals surface area contributed by atoms with Gasteiger partial charge in [-0.3, -0.25) is 9.69 Å². The van der Waals surface area contributed by atoms with Crippen molar-refractivity contribution in [3.05, 3.63) is 65.2 Å². The molecule has 0 bridgehead atoms. The lowest BCUT2D eigenvalue weighted by molar-refractivity contribution is -0.115. The maximum absolute atomic E-state index is 12.1. The molecule has 6 heteroatoms. The number of halogens is 1. The highest BCUT2D eigenvalue weighted by Gasteiger charge is 2.29. The second-order valence-electron chi connectivity index (χ2n) is 4.93. The molecule has 0 aliphatic carbocycles. The van der Waals surface area contributed by atoms with E-state index >= 15 is 0 Å². The van der Waals surface area contributed by atoms with Crippen molar-refractivity contribution in [1.29, 1.82) is 0 Å². The zero-order valence-electron chi connectivity index (χ0n) is 12.4. The van der Waals surface area contributed by atoms with Crippen molar-refractivity contribution >= 4 is 45.8 Å². The number of anilines is 1. The summed E-state index contributed by atoms with van der Waals surface area (Å²) in [5.74, 6) is 0.391. The molecule has 2 aromatic rings. The molecule has 2 aromatic carbocycles. The van der Waals surface area contributed by atoms with E-state index in [0.717, 1.165) is 17.0 Å². The van der Waals surface area contributed by atoms with Crippen LogP contribution in [0.1, 0.15) is 12.5 Å².